The molecule has 2 N–H and O–H groups in total. The molecule has 0 bridgehead atoms. The van der Waals surface area contributed by atoms with E-state index >= 15 is 0 Å². The second-order valence-corrected chi connectivity index (χ2v) is 4.54. The molecule has 0 saturated heterocycles. The van der Waals surface area contributed by atoms with Gasteiger partial charge in [-0.2, -0.15) is 0 Å². The van der Waals surface area contributed by atoms with Gasteiger partial charge >= 0.3 is 0 Å². The van der Waals surface area contributed by atoms with E-state index in [4.69, 9.17) is 0 Å². The Labute approximate surface area is 98.5 Å². The minimum Gasteiger partial charge on any atom is -0.354 e. The van der Waals surface area contributed by atoms with Crippen molar-refractivity contribution in [2.75, 3.05) is 18.4 Å². The number of aromatic nitrogens is 1. The van der Waals surface area contributed by atoms with Gasteiger partial charge in [-0.1, -0.05) is 0 Å². The Hall–Kier alpha value is -0.620. The van der Waals surface area contributed by atoms with Gasteiger partial charge in [0.2, 0.25) is 0 Å². The van der Waals surface area contributed by atoms with Crippen LogP contribution in [0.5, 0.6) is 0 Å². The lowest BCUT2D eigenvalue weighted by molar-refractivity contribution is 0.958. The summed E-state index contributed by atoms with van der Waals surface area (Å²) in [5, 5.41) is 6.21. The van der Waals surface area contributed by atoms with Crippen LogP contribution in [0.2, 0.25) is 0 Å². The van der Waals surface area contributed by atoms with Crippen molar-refractivity contribution in [3.05, 3.63) is 21.2 Å². The van der Waals surface area contributed by atoms with E-state index in [0.29, 0.717) is 0 Å². The highest BCUT2D eigenvalue weighted by Gasteiger charge is 2.08. The molecule has 0 saturated carbocycles. The first-order chi connectivity index (χ1) is 6.75. The Balaban J connectivity index is 2.16. The fourth-order valence-corrected chi connectivity index (χ4v) is 2.19. The van der Waals surface area contributed by atoms with E-state index in [9.17, 15) is 0 Å². The van der Waals surface area contributed by atoms with Crippen LogP contribution in [0.3, 0.4) is 0 Å². The van der Waals surface area contributed by atoms with E-state index in [1.54, 1.807) is 6.20 Å². The third-order valence-corrected chi connectivity index (χ3v) is 2.76. The van der Waals surface area contributed by atoms with E-state index in [1.165, 1.54) is 0 Å². The number of pyridine rings is 1. The van der Waals surface area contributed by atoms with Gasteiger partial charge in [-0.15, -0.1) is 0 Å². The van der Waals surface area contributed by atoms with Gasteiger partial charge in [0.05, 0.1) is 11.0 Å². The largest absolute Gasteiger partial charge is 0.354 e. The molecule has 1 aliphatic heterocycles. The van der Waals surface area contributed by atoms with E-state index in [-0.39, 0.29) is 0 Å². The maximum atomic E-state index is 4.22. The average molecular weight is 320 g/mol. The lowest BCUT2D eigenvalue weighted by Gasteiger charge is -2.07. The third kappa shape index (κ3) is 2.24. The van der Waals surface area contributed by atoms with Crippen molar-refractivity contribution >= 4 is 43.6 Å². The summed E-state index contributed by atoms with van der Waals surface area (Å²) in [4.78, 5) is 8.43. The van der Waals surface area contributed by atoms with Crippen LogP contribution in [-0.4, -0.2) is 24.0 Å². The second-order valence-electron chi connectivity index (χ2n) is 2.77. The van der Waals surface area contributed by atoms with Crippen LogP contribution >= 0.6 is 31.9 Å². The first kappa shape index (κ1) is 9.92. The molecule has 6 heteroatoms. The van der Waals surface area contributed by atoms with Crippen molar-refractivity contribution in [1.82, 2.24) is 10.3 Å². The van der Waals surface area contributed by atoms with Crippen LogP contribution in [0.4, 0.5) is 5.82 Å². The minimum atomic E-state index is 0.765. The van der Waals surface area contributed by atoms with Gasteiger partial charge in [0.15, 0.2) is 5.96 Å². The molecule has 1 aromatic rings. The highest BCUT2D eigenvalue weighted by Crippen LogP contribution is 2.23. The van der Waals surface area contributed by atoms with Gasteiger partial charge in [-0.25, -0.2) is 4.98 Å². The number of nitrogens with zero attached hydrogens (tertiary/aromatic N) is 2. The zero-order valence-electron chi connectivity index (χ0n) is 7.22. The lowest BCUT2D eigenvalue weighted by Crippen LogP contribution is -2.26. The first-order valence-electron chi connectivity index (χ1n) is 4.12. The smallest absolute Gasteiger partial charge is 0.197 e. The Morgan fingerprint density at radius 2 is 2.29 bits per heavy atom. The number of guanidine groups is 1. The van der Waals surface area contributed by atoms with Crippen molar-refractivity contribution in [3.8, 4) is 0 Å². The molecule has 0 aromatic carbocycles. The lowest BCUT2D eigenvalue weighted by atomic mass is 10.4. The molecular weight excluding hydrogens is 312 g/mol. The Morgan fingerprint density at radius 3 is 2.93 bits per heavy atom. The van der Waals surface area contributed by atoms with Gasteiger partial charge in [0.1, 0.15) is 5.82 Å². The Kier molecular flexibility index (Phi) is 3.02. The van der Waals surface area contributed by atoms with Crippen LogP contribution in [-0.2, 0) is 0 Å². The molecule has 0 unspecified atom stereocenters. The normalized spacial score (nSPS) is 14.9. The molecule has 0 fully saturated rings. The quantitative estimate of drug-likeness (QED) is 0.832. The van der Waals surface area contributed by atoms with Gasteiger partial charge < -0.3 is 10.6 Å². The number of aliphatic imine (C=N–C) groups is 1. The summed E-state index contributed by atoms with van der Waals surface area (Å²) in [6, 6.07) is 1.94. The summed E-state index contributed by atoms with van der Waals surface area (Å²) in [5.74, 6) is 1.54. The van der Waals surface area contributed by atoms with Crippen LogP contribution in [0.25, 0.3) is 0 Å². The van der Waals surface area contributed by atoms with Crippen molar-refractivity contribution in [2.45, 2.75) is 0 Å². The predicted molar refractivity (Wildman–Crippen MR) is 63.6 cm³/mol. The van der Waals surface area contributed by atoms with Gasteiger partial charge in [0.25, 0.3) is 0 Å². The first-order valence-corrected chi connectivity index (χ1v) is 5.71. The molecule has 0 amide bonds. The highest BCUT2D eigenvalue weighted by molar-refractivity contribution is 9.11. The third-order valence-electron chi connectivity index (χ3n) is 1.72. The second kappa shape index (κ2) is 4.27. The fraction of sp³-hybridized carbons (Fsp3) is 0.250. The molecule has 0 radical (unpaired) electrons. The van der Waals surface area contributed by atoms with E-state index in [2.05, 4.69) is 52.5 Å². The standard InChI is InChI=1S/C8H8Br2N4/c9-5-3-6(10)7(13-4-5)14-8-11-1-2-12-8/h3-4H,1-2H2,(H2,11,12,13,14). The number of hydrogen-bond acceptors (Lipinski definition) is 4. The summed E-state index contributed by atoms with van der Waals surface area (Å²) >= 11 is 6.76. The Bertz CT molecular complexity index is 378. The van der Waals surface area contributed by atoms with Crippen molar-refractivity contribution in [2.24, 2.45) is 4.99 Å². The zero-order chi connectivity index (χ0) is 9.97. The fourth-order valence-electron chi connectivity index (χ4n) is 1.10. The van der Waals surface area contributed by atoms with Gasteiger partial charge in [-0.3, -0.25) is 4.99 Å². The molecule has 1 aliphatic rings. The van der Waals surface area contributed by atoms with Crippen LogP contribution in [0.1, 0.15) is 0 Å². The molecule has 74 valence electrons. The van der Waals surface area contributed by atoms with Crippen LogP contribution in [0, 0.1) is 0 Å². The number of anilines is 1. The maximum Gasteiger partial charge on any atom is 0.197 e. The van der Waals surface area contributed by atoms with Crippen molar-refractivity contribution < 1.29 is 0 Å². The van der Waals surface area contributed by atoms with E-state index in [1.807, 2.05) is 6.07 Å². The maximum absolute atomic E-state index is 4.22. The Morgan fingerprint density at radius 1 is 1.43 bits per heavy atom. The summed E-state index contributed by atoms with van der Waals surface area (Å²) in [5.41, 5.74) is 0. The summed E-state index contributed by atoms with van der Waals surface area (Å²) < 4.78 is 1.85. The summed E-state index contributed by atoms with van der Waals surface area (Å²) in [6.45, 7) is 1.70. The van der Waals surface area contributed by atoms with E-state index < -0.39 is 0 Å². The zero-order valence-corrected chi connectivity index (χ0v) is 10.4. The molecule has 1 aromatic heterocycles. The summed E-state index contributed by atoms with van der Waals surface area (Å²) in [7, 11) is 0. The monoisotopic (exact) mass is 318 g/mol. The van der Waals surface area contributed by atoms with Crippen LogP contribution in [0.15, 0.2) is 26.2 Å². The molecule has 2 rings (SSSR count). The van der Waals surface area contributed by atoms with Gasteiger partial charge in [0, 0.05) is 17.2 Å². The van der Waals surface area contributed by atoms with Crippen molar-refractivity contribution in [1.29, 1.82) is 0 Å². The topological polar surface area (TPSA) is 49.3 Å². The predicted octanol–water partition coefficient (Wildman–Crippen LogP) is 1.98. The molecule has 0 atom stereocenters. The number of nitrogens with one attached hydrogen (secondary N) is 2. The number of hydrogen-bond donors (Lipinski definition) is 2. The molecule has 14 heavy (non-hydrogen) atoms. The molecule has 0 aliphatic carbocycles. The molecule has 0 spiro atoms. The number of rotatable bonds is 1. The van der Waals surface area contributed by atoms with Crippen LogP contribution < -0.4 is 10.6 Å². The molecule has 2 heterocycles. The average Bonchev–Trinajstić information content (AvgIpc) is 2.62. The molecule has 4 nitrogen and oxygen atoms in total. The highest BCUT2D eigenvalue weighted by atomic mass is 79.9. The van der Waals surface area contributed by atoms with E-state index in [0.717, 1.165) is 33.8 Å². The molecular formula is C8H8Br2N4. The van der Waals surface area contributed by atoms with Crippen molar-refractivity contribution in [3.63, 3.8) is 0 Å². The number of halogens is 2. The summed E-state index contributed by atoms with van der Waals surface area (Å²) in [6.07, 6.45) is 1.74. The SMILES string of the molecule is Brc1cnc(NC2=NCCN2)c(Br)c1. The minimum absolute atomic E-state index is 0.765. The van der Waals surface area contributed by atoms with Gasteiger partial charge in [-0.05, 0) is 37.9 Å².